The smallest absolute Gasteiger partial charge is 0.208 e. The minimum absolute atomic E-state index is 0.462. The van der Waals surface area contributed by atoms with E-state index >= 15 is 0 Å². The molecule has 0 amide bonds. The minimum Gasteiger partial charge on any atom is -0.299 e. The maximum absolute atomic E-state index is 11.0. The van der Waals surface area contributed by atoms with Crippen LogP contribution in [0.25, 0.3) is 0 Å². The molecule has 1 aromatic carbocycles. The number of hydrogen-bond acceptors (Lipinski definition) is 3. The molecule has 0 unspecified atom stereocenters. The number of benzene rings is 1. The van der Waals surface area contributed by atoms with Gasteiger partial charge in [-0.1, -0.05) is 30.3 Å². The fourth-order valence-electron chi connectivity index (χ4n) is 2.84. The molecule has 0 spiro atoms. The average molecular weight is 282 g/mol. The highest BCUT2D eigenvalue weighted by atomic mass is 32.2. The SMILES string of the molecule is C[C@H]1[C@H](c2ccccc2)CCN1CCNS(C)(=O)=O. The van der Waals surface area contributed by atoms with E-state index in [0.29, 0.717) is 18.5 Å². The van der Waals surface area contributed by atoms with E-state index in [1.807, 2.05) is 6.07 Å². The summed E-state index contributed by atoms with van der Waals surface area (Å²) in [6.45, 7) is 4.53. The summed E-state index contributed by atoms with van der Waals surface area (Å²) in [6.07, 6.45) is 2.34. The van der Waals surface area contributed by atoms with E-state index in [1.54, 1.807) is 0 Å². The zero-order valence-electron chi connectivity index (χ0n) is 11.5. The fraction of sp³-hybridized carbons (Fsp3) is 0.571. The molecule has 1 N–H and O–H groups in total. The van der Waals surface area contributed by atoms with E-state index in [0.717, 1.165) is 19.5 Å². The van der Waals surface area contributed by atoms with E-state index in [9.17, 15) is 8.42 Å². The van der Waals surface area contributed by atoms with Crippen LogP contribution in [0.15, 0.2) is 30.3 Å². The molecule has 19 heavy (non-hydrogen) atoms. The predicted molar refractivity (Wildman–Crippen MR) is 77.7 cm³/mol. The molecule has 0 radical (unpaired) electrons. The highest BCUT2D eigenvalue weighted by Crippen LogP contribution is 2.32. The zero-order chi connectivity index (χ0) is 13.9. The van der Waals surface area contributed by atoms with Crippen molar-refractivity contribution in [2.45, 2.75) is 25.3 Å². The van der Waals surface area contributed by atoms with Gasteiger partial charge in [-0.3, -0.25) is 4.90 Å². The maximum atomic E-state index is 11.0. The van der Waals surface area contributed by atoms with Gasteiger partial charge in [0.05, 0.1) is 6.26 Å². The standard InChI is InChI=1S/C14H22N2O2S/c1-12-14(13-6-4-3-5-7-13)8-10-16(12)11-9-15-19(2,17)18/h3-7,12,14-15H,8-11H2,1-2H3/t12-,14+/m0/s1. The third-order valence-corrected chi connectivity index (χ3v) is 4.61. The second kappa shape index (κ2) is 6.03. The molecule has 0 aromatic heterocycles. The fourth-order valence-corrected chi connectivity index (χ4v) is 3.30. The van der Waals surface area contributed by atoms with Crippen LogP contribution in [-0.4, -0.2) is 45.2 Å². The van der Waals surface area contributed by atoms with Crippen LogP contribution >= 0.6 is 0 Å². The van der Waals surface area contributed by atoms with Gasteiger partial charge in [-0.05, 0) is 25.5 Å². The van der Waals surface area contributed by atoms with Gasteiger partial charge in [0.15, 0.2) is 0 Å². The van der Waals surface area contributed by atoms with Crippen molar-refractivity contribution < 1.29 is 8.42 Å². The Kier molecular flexibility index (Phi) is 4.60. The topological polar surface area (TPSA) is 49.4 Å². The maximum Gasteiger partial charge on any atom is 0.208 e. The summed E-state index contributed by atoms with van der Waals surface area (Å²) in [7, 11) is -3.08. The highest BCUT2D eigenvalue weighted by molar-refractivity contribution is 7.88. The van der Waals surface area contributed by atoms with Crippen molar-refractivity contribution in [3.63, 3.8) is 0 Å². The third-order valence-electron chi connectivity index (χ3n) is 3.88. The molecule has 1 saturated heterocycles. The Hall–Kier alpha value is -0.910. The van der Waals surface area contributed by atoms with Crippen LogP contribution in [0.1, 0.15) is 24.8 Å². The van der Waals surface area contributed by atoms with Gasteiger partial charge in [0.2, 0.25) is 10.0 Å². The van der Waals surface area contributed by atoms with Crippen LogP contribution in [0, 0.1) is 0 Å². The number of rotatable bonds is 5. The van der Waals surface area contributed by atoms with Crippen molar-refractivity contribution in [3.8, 4) is 0 Å². The van der Waals surface area contributed by atoms with E-state index in [2.05, 4.69) is 40.8 Å². The van der Waals surface area contributed by atoms with Gasteiger partial charge in [0, 0.05) is 25.0 Å². The first kappa shape index (κ1) is 14.5. The molecule has 1 fully saturated rings. The van der Waals surface area contributed by atoms with Crippen LogP contribution in [0.3, 0.4) is 0 Å². The molecule has 106 valence electrons. The summed E-state index contributed by atoms with van der Waals surface area (Å²) in [5.74, 6) is 0.555. The highest BCUT2D eigenvalue weighted by Gasteiger charge is 2.31. The summed E-state index contributed by atoms with van der Waals surface area (Å²) in [5.41, 5.74) is 1.38. The van der Waals surface area contributed by atoms with Crippen LogP contribution in [0.2, 0.25) is 0 Å². The average Bonchev–Trinajstić information content (AvgIpc) is 2.71. The lowest BCUT2D eigenvalue weighted by molar-refractivity contribution is 0.264. The van der Waals surface area contributed by atoms with Crippen molar-refractivity contribution in [1.82, 2.24) is 9.62 Å². The van der Waals surface area contributed by atoms with Crippen molar-refractivity contribution in [1.29, 1.82) is 0 Å². The third kappa shape index (κ3) is 4.03. The number of hydrogen-bond donors (Lipinski definition) is 1. The first-order valence-corrected chi connectivity index (χ1v) is 8.60. The molecule has 1 aromatic rings. The number of sulfonamides is 1. The van der Waals surface area contributed by atoms with E-state index in [1.165, 1.54) is 11.8 Å². The quantitative estimate of drug-likeness (QED) is 0.888. The second-order valence-electron chi connectivity index (χ2n) is 5.25. The Morgan fingerprint density at radius 2 is 2.00 bits per heavy atom. The van der Waals surface area contributed by atoms with Gasteiger partial charge in [0.25, 0.3) is 0 Å². The minimum atomic E-state index is -3.08. The van der Waals surface area contributed by atoms with Crippen molar-refractivity contribution >= 4 is 10.0 Å². The second-order valence-corrected chi connectivity index (χ2v) is 7.08. The molecular formula is C14H22N2O2S. The van der Waals surface area contributed by atoms with Crippen LogP contribution in [0.5, 0.6) is 0 Å². The van der Waals surface area contributed by atoms with Gasteiger partial charge in [0.1, 0.15) is 0 Å². The van der Waals surface area contributed by atoms with Gasteiger partial charge in [-0.15, -0.1) is 0 Å². The summed E-state index contributed by atoms with van der Waals surface area (Å²) in [6, 6.07) is 11.0. The molecule has 1 aliphatic heterocycles. The lowest BCUT2D eigenvalue weighted by Gasteiger charge is -2.24. The molecule has 1 aliphatic rings. The zero-order valence-corrected chi connectivity index (χ0v) is 12.4. The first-order valence-electron chi connectivity index (χ1n) is 6.71. The number of likely N-dealkylation sites (tertiary alicyclic amines) is 1. The lowest BCUT2D eigenvalue weighted by atomic mass is 9.93. The molecule has 0 saturated carbocycles. The Labute approximate surface area is 115 Å². The molecule has 2 rings (SSSR count). The lowest BCUT2D eigenvalue weighted by Crippen LogP contribution is -2.37. The van der Waals surface area contributed by atoms with E-state index in [4.69, 9.17) is 0 Å². The van der Waals surface area contributed by atoms with Crippen LogP contribution in [0.4, 0.5) is 0 Å². The summed E-state index contributed by atoms with van der Waals surface area (Å²) in [4.78, 5) is 2.36. The van der Waals surface area contributed by atoms with Gasteiger partial charge in [-0.25, -0.2) is 13.1 Å². The van der Waals surface area contributed by atoms with Gasteiger partial charge >= 0.3 is 0 Å². The van der Waals surface area contributed by atoms with E-state index in [-0.39, 0.29) is 0 Å². The number of nitrogens with one attached hydrogen (secondary N) is 1. The van der Waals surface area contributed by atoms with Crippen molar-refractivity contribution in [2.75, 3.05) is 25.9 Å². The summed E-state index contributed by atoms with van der Waals surface area (Å²) in [5, 5.41) is 0. The molecular weight excluding hydrogens is 260 g/mol. The molecule has 5 heteroatoms. The first-order chi connectivity index (χ1) is 8.97. The number of nitrogens with zero attached hydrogens (tertiary/aromatic N) is 1. The molecule has 1 heterocycles. The predicted octanol–water partition coefficient (Wildman–Crippen LogP) is 1.41. The molecule has 0 aliphatic carbocycles. The van der Waals surface area contributed by atoms with Crippen molar-refractivity contribution in [3.05, 3.63) is 35.9 Å². The van der Waals surface area contributed by atoms with E-state index < -0.39 is 10.0 Å². The van der Waals surface area contributed by atoms with Crippen molar-refractivity contribution in [2.24, 2.45) is 0 Å². The molecule has 4 nitrogen and oxygen atoms in total. The van der Waals surface area contributed by atoms with Crippen LogP contribution in [-0.2, 0) is 10.0 Å². The molecule has 0 bridgehead atoms. The Bertz CT molecular complexity index is 501. The summed E-state index contributed by atoms with van der Waals surface area (Å²) < 4.78 is 24.6. The van der Waals surface area contributed by atoms with Gasteiger partial charge < -0.3 is 0 Å². The largest absolute Gasteiger partial charge is 0.299 e. The molecule has 2 atom stereocenters. The normalized spacial score (nSPS) is 24.7. The Morgan fingerprint density at radius 1 is 1.32 bits per heavy atom. The van der Waals surface area contributed by atoms with Gasteiger partial charge in [-0.2, -0.15) is 0 Å². The summed E-state index contributed by atoms with van der Waals surface area (Å²) >= 11 is 0. The van der Waals surface area contributed by atoms with Crippen LogP contribution < -0.4 is 4.72 Å². The monoisotopic (exact) mass is 282 g/mol. The Balaban J connectivity index is 1.89. The Morgan fingerprint density at radius 3 is 2.63 bits per heavy atom.